The summed E-state index contributed by atoms with van der Waals surface area (Å²) in [5.74, 6) is -0.249. The normalized spacial score (nSPS) is 42.5. The molecule has 1 saturated carbocycles. The predicted octanol–water partition coefficient (Wildman–Crippen LogP) is 1.96. The van der Waals surface area contributed by atoms with Crippen LogP contribution in [0.3, 0.4) is 0 Å². The molecule has 1 fully saturated rings. The lowest BCUT2D eigenvalue weighted by Gasteiger charge is -2.19. The van der Waals surface area contributed by atoms with Crippen molar-refractivity contribution in [2.75, 3.05) is 0 Å². The van der Waals surface area contributed by atoms with Crippen molar-refractivity contribution in [3.63, 3.8) is 0 Å². The molecule has 2 rings (SSSR count). The van der Waals surface area contributed by atoms with Crippen LogP contribution < -0.4 is 0 Å². The van der Waals surface area contributed by atoms with Crippen LogP contribution in [0.5, 0.6) is 0 Å². The Morgan fingerprint density at radius 3 is 2.85 bits per heavy atom. The molecule has 0 aromatic heterocycles. The molecule has 0 radical (unpaired) electrons. The first kappa shape index (κ1) is 15.3. The molecule has 0 spiro atoms. The fourth-order valence-corrected chi connectivity index (χ4v) is 3.10. The van der Waals surface area contributed by atoms with Crippen molar-refractivity contribution in [2.45, 2.75) is 57.3 Å². The van der Waals surface area contributed by atoms with E-state index in [-0.39, 0.29) is 24.0 Å². The van der Waals surface area contributed by atoms with Gasteiger partial charge in [0.15, 0.2) is 0 Å². The number of carbonyl (C=O) groups is 1. The first-order valence-corrected chi connectivity index (χ1v) is 7.48. The molecule has 1 aliphatic heterocycles. The highest BCUT2D eigenvalue weighted by Crippen LogP contribution is 2.36. The van der Waals surface area contributed by atoms with Crippen molar-refractivity contribution >= 4 is 5.97 Å². The number of cyclic esters (lactones) is 1. The molecular weight excluding hydrogens is 256 g/mol. The quantitative estimate of drug-likeness (QED) is 0.526. The molecule has 5 atom stereocenters. The summed E-state index contributed by atoms with van der Waals surface area (Å²) in [7, 11) is 0. The zero-order chi connectivity index (χ0) is 14.5. The van der Waals surface area contributed by atoms with Crippen LogP contribution in [-0.4, -0.2) is 34.5 Å². The monoisotopic (exact) mass is 280 g/mol. The molecule has 0 unspecified atom stereocenters. The van der Waals surface area contributed by atoms with Gasteiger partial charge in [-0.25, -0.2) is 4.79 Å². The van der Waals surface area contributed by atoms with Gasteiger partial charge in [-0.15, -0.1) is 0 Å². The lowest BCUT2D eigenvalue weighted by Crippen LogP contribution is -2.21. The summed E-state index contributed by atoms with van der Waals surface area (Å²) in [6.45, 7) is 1.89. The minimum atomic E-state index is -0.717. The zero-order valence-electron chi connectivity index (χ0n) is 11.9. The Hall–Kier alpha value is -1.13. The molecule has 1 aliphatic carbocycles. The van der Waals surface area contributed by atoms with E-state index in [1.165, 1.54) is 12.2 Å². The maximum absolute atomic E-state index is 11.6. The molecule has 20 heavy (non-hydrogen) atoms. The third kappa shape index (κ3) is 4.18. The Balaban J connectivity index is 2.11. The standard InChI is InChI=1S/C16H24O4/c1-11-5-3-2-4-6-12-9-13(17)10-14(12)15(18)7-8-16(19)20-11/h4,6-8,11-15,17-18H,2-3,5,9-10H2,1H3/b6-4-,8-7-/t11-,12-,13-,14+,15-/m1/s1. The molecule has 0 bridgehead atoms. The second kappa shape index (κ2) is 7.04. The molecule has 1 heterocycles. The third-order valence-electron chi connectivity index (χ3n) is 4.19. The summed E-state index contributed by atoms with van der Waals surface area (Å²) in [6, 6.07) is 0. The number of aliphatic hydroxyl groups excluding tert-OH is 2. The summed E-state index contributed by atoms with van der Waals surface area (Å²) >= 11 is 0. The van der Waals surface area contributed by atoms with Crippen LogP contribution in [0.4, 0.5) is 0 Å². The number of allylic oxidation sites excluding steroid dienone is 2. The predicted molar refractivity (Wildman–Crippen MR) is 75.9 cm³/mol. The van der Waals surface area contributed by atoms with Gasteiger partial charge in [0.2, 0.25) is 0 Å². The molecule has 2 aliphatic rings. The van der Waals surface area contributed by atoms with E-state index in [9.17, 15) is 15.0 Å². The van der Waals surface area contributed by atoms with Gasteiger partial charge >= 0.3 is 5.97 Å². The van der Waals surface area contributed by atoms with Crippen molar-refractivity contribution in [2.24, 2.45) is 11.8 Å². The molecule has 0 aromatic rings. The highest BCUT2D eigenvalue weighted by Gasteiger charge is 2.35. The van der Waals surface area contributed by atoms with Crippen LogP contribution in [0.15, 0.2) is 24.3 Å². The van der Waals surface area contributed by atoms with E-state index in [0.717, 1.165) is 19.3 Å². The minimum Gasteiger partial charge on any atom is -0.460 e. The summed E-state index contributed by atoms with van der Waals surface area (Å²) < 4.78 is 5.23. The second-order valence-electron chi connectivity index (χ2n) is 5.91. The highest BCUT2D eigenvalue weighted by atomic mass is 16.5. The van der Waals surface area contributed by atoms with Crippen molar-refractivity contribution in [3.05, 3.63) is 24.3 Å². The summed E-state index contributed by atoms with van der Waals surface area (Å²) in [5.41, 5.74) is 0. The van der Waals surface area contributed by atoms with Gasteiger partial charge in [0.1, 0.15) is 0 Å². The number of aliphatic hydroxyl groups is 2. The molecule has 2 N–H and O–H groups in total. The number of fused-ring (bicyclic) bond motifs is 1. The van der Waals surface area contributed by atoms with E-state index in [4.69, 9.17) is 4.74 Å². The van der Waals surface area contributed by atoms with Crippen molar-refractivity contribution in [3.8, 4) is 0 Å². The molecular formula is C16H24O4. The van der Waals surface area contributed by atoms with E-state index in [2.05, 4.69) is 12.2 Å². The van der Waals surface area contributed by atoms with E-state index in [0.29, 0.717) is 12.8 Å². The maximum atomic E-state index is 11.6. The Kier molecular flexibility index (Phi) is 5.38. The average Bonchev–Trinajstić information content (AvgIpc) is 2.76. The van der Waals surface area contributed by atoms with E-state index >= 15 is 0 Å². The van der Waals surface area contributed by atoms with Crippen molar-refractivity contribution in [1.29, 1.82) is 0 Å². The van der Waals surface area contributed by atoms with E-state index in [1.807, 2.05) is 6.92 Å². The number of hydrogen-bond donors (Lipinski definition) is 2. The Morgan fingerprint density at radius 2 is 2.05 bits per heavy atom. The third-order valence-corrected chi connectivity index (χ3v) is 4.19. The van der Waals surface area contributed by atoms with Crippen LogP contribution >= 0.6 is 0 Å². The maximum Gasteiger partial charge on any atom is 0.330 e. The molecule has 0 amide bonds. The molecule has 0 aromatic carbocycles. The fraction of sp³-hybridized carbons (Fsp3) is 0.688. The lowest BCUT2D eigenvalue weighted by molar-refractivity contribution is -0.142. The van der Waals surface area contributed by atoms with Crippen LogP contribution in [0, 0.1) is 11.8 Å². The van der Waals surface area contributed by atoms with Crippen LogP contribution in [0.25, 0.3) is 0 Å². The molecule has 4 nitrogen and oxygen atoms in total. The SMILES string of the molecule is C[C@@H]1CCC/C=C\[C@@H]2C[C@@H](O)C[C@@H]2[C@H](O)/C=C\C(=O)O1. The van der Waals surface area contributed by atoms with Gasteiger partial charge in [-0.3, -0.25) is 0 Å². The molecule has 112 valence electrons. The van der Waals surface area contributed by atoms with Gasteiger partial charge in [-0.1, -0.05) is 12.2 Å². The van der Waals surface area contributed by atoms with Crippen molar-refractivity contribution in [1.82, 2.24) is 0 Å². The topological polar surface area (TPSA) is 66.8 Å². The number of esters is 1. The first-order valence-electron chi connectivity index (χ1n) is 7.48. The highest BCUT2D eigenvalue weighted by molar-refractivity contribution is 5.82. The minimum absolute atomic E-state index is 0.0246. The summed E-state index contributed by atoms with van der Waals surface area (Å²) in [6.07, 6.45) is 9.87. The van der Waals surface area contributed by atoms with E-state index < -0.39 is 12.1 Å². The number of ether oxygens (including phenoxy) is 1. The van der Waals surface area contributed by atoms with Crippen molar-refractivity contribution < 1.29 is 19.7 Å². The Morgan fingerprint density at radius 1 is 1.25 bits per heavy atom. The van der Waals surface area contributed by atoms with Gasteiger partial charge in [-0.2, -0.15) is 0 Å². The average molecular weight is 280 g/mol. The molecule has 0 saturated heterocycles. The number of hydrogen-bond acceptors (Lipinski definition) is 4. The van der Waals surface area contributed by atoms with E-state index in [1.54, 1.807) is 0 Å². The number of carbonyl (C=O) groups excluding carboxylic acids is 1. The van der Waals surface area contributed by atoms with Gasteiger partial charge in [-0.05, 0) is 56.9 Å². The lowest BCUT2D eigenvalue weighted by atomic mass is 9.90. The largest absolute Gasteiger partial charge is 0.460 e. The summed E-state index contributed by atoms with van der Waals surface area (Å²) in [5, 5.41) is 20.0. The number of rotatable bonds is 0. The Labute approximate surface area is 120 Å². The van der Waals surface area contributed by atoms with Gasteiger partial charge in [0.25, 0.3) is 0 Å². The smallest absolute Gasteiger partial charge is 0.330 e. The summed E-state index contributed by atoms with van der Waals surface area (Å²) in [4.78, 5) is 11.6. The van der Waals surface area contributed by atoms with Crippen LogP contribution in [-0.2, 0) is 9.53 Å². The second-order valence-corrected chi connectivity index (χ2v) is 5.91. The fourth-order valence-electron chi connectivity index (χ4n) is 3.10. The van der Waals surface area contributed by atoms with Gasteiger partial charge < -0.3 is 14.9 Å². The Bertz CT molecular complexity index is 388. The first-order chi connectivity index (χ1) is 9.56. The van der Waals surface area contributed by atoms with Gasteiger partial charge in [0.05, 0.1) is 18.3 Å². The van der Waals surface area contributed by atoms with Gasteiger partial charge in [0, 0.05) is 6.08 Å². The zero-order valence-corrected chi connectivity index (χ0v) is 11.9. The molecule has 4 heteroatoms. The van der Waals surface area contributed by atoms with Crippen LogP contribution in [0.1, 0.15) is 39.0 Å². The van der Waals surface area contributed by atoms with Crippen LogP contribution in [0.2, 0.25) is 0 Å².